The van der Waals surface area contributed by atoms with Crippen LogP contribution in [-0.4, -0.2) is 64.3 Å². The average Bonchev–Trinajstić information content (AvgIpc) is 3.36. The zero-order valence-electron chi connectivity index (χ0n) is 17.6. The van der Waals surface area contributed by atoms with E-state index in [1.165, 1.54) is 0 Å². The summed E-state index contributed by atoms with van der Waals surface area (Å²) >= 11 is 0. The predicted octanol–water partition coefficient (Wildman–Crippen LogP) is 3.37. The lowest BCUT2D eigenvalue weighted by atomic mass is 10.0. The van der Waals surface area contributed by atoms with Crippen molar-refractivity contribution in [3.8, 4) is 11.1 Å². The highest BCUT2D eigenvalue weighted by Crippen LogP contribution is 2.29. The van der Waals surface area contributed by atoms with E-state index in [0.717, 1.165) is 40.4 Å². The maximum Gasteiger partial charge on any atom is 0.272 e. The first-order valence-electron chi connectivity index (χ1n) is 10.9. The van der Waals surface area contributed by atoms with Gasteiger partial charge in [0.2, 0.25) is 0 Å². The van der Waals surface area contributed by atoms with Gasteiger partial charge >= 0.3 is 0 Å². The minimum Gasteiger partial charge on any atom is -0.381 e. The number of hydrogen-bond acceptors (Lipinski definition) is 5. The number of likely N-dealkylation sites (tertiary alicyclic amines) is 1. The SMILES string of the molecule is O=C(NC1CCOCC1)c1n[nH]c2ccc(-c3cncc(CN4CCC(F)(F)C4)c3)cc12. The number of benzene rings is 1. The maximum atomic E-state index is 13.5. The van der Waals surface area contributed by atoms with Crippen LogP contribution >= 0.6 is 0 Å². The van der Waals surface area contributed by atoms with Crippen LogP contribution in [0.25, 0.3) is 22.0 Å². The minimum atomic E-state index is -2.61. The smallest absolute Gasteiger partial charge is 0.272 e. The summed E-state index contributed by atoms with van der Waals surface area (Å²) in [6, 6.07) is 7.79. The van der Waals surface area contributed by atoms with E-state index in [0.29, 0.717) is 32.0 Å². The first-order chi connectivity index (χ1) is 15.5. The Hall–Kier alpha value is -2.91. The molecule has 5 rings (SSSR count). The molecular formula is C23H25F2N5O2. The van der Waals surface area contributed by atoms with Gasteiger partial charge in [0.25, 0.3) is 11.8 Å². The number of ether oxygens (including phenoxy) is 1. The third-order valence-electron chi connectivity index (χ3n) is 6.12. The predicted molar refractivity (Wildman–Crippen MR) is 115 cm³/mol. The molecule has 2 saturated heterocycles. The van der Waals surface area contributed by atoms with Crippen LogP contribution in [-0.2, 0) is 11.3 Å². The molecule has 0 saturated carbocycles. The summed E-state index contributed by atoms with van der Waals surface area (Å²) in [5.41, 5.74) is 3.77. The Bertz CT molecular complexity index is 1130. The summed E-state index contributed by atoms with van der Waals surface area (Å²) in [7, 11) is 0. The fourth-order valence-electron chi connectivity index (χ4n) is 4.39. The van der Waals surface area contributed by atoms with Crippen molar-refractivity contribution in [1.82, 2.24) is 25.4 Å². The summed E-state index contributed by atoms with van der Waals surface area (Å²) in [4.78, 5) is 18.9. The summed E-state index contributed by atoms with van der Waals surface area (Å²) < 4.78 is 32.4. The van der Waals surface area contributed by atoms with Crippen LogP contribution < -0.4 is 5.32 Å². The molecule has 1 amide bonds. The van der Waals surface area contributed by atoms with Crippen molar-refractivity contribution >= 4 is 16.8 Å². The van der Waals surface area contributed by atoms with Crippen molar-refractivity contribution in [2.45, 2.75) is 37.8 Å². The molecule has 0 aliphatic carbocycles. The third-order valence-corrected chi connectivity index (χ3v) is 6.12. The van der Waals surface area contributed by atoms with Gasteiger partial charge in [-0.15, -0.1) is 0 Å². The van der Waals surface area contributed by atoms with Gasteiger partial charge in [-0.25, -0.2) is 8.78 Å². The molecule has 2 aliphatic rings. The van der Waals surface area contributed by atoms with E-state index in [1.807, 2.05) is 24.3 Å². The number of H-pyrrole nitrogens is 1. The number of aromatic amines is 1. The van der Waals surface area contributed by atoms with Crippen LogP contribution in [0.3, 0.4) is 0 Å². The van der Waals surface area contributed by atoms with Crippen LogP contribution in [0.4, 0.5) is 8.78 Å². The second-order valence-electron chi connectivity index (χ2n) is 8.59. The van der Waals surface area contributed by atoms with Crippen LogP contribution in [0.2, 0.25) is 0 Å². The largest absolute Gasteiger partial charge is 0.381 e. The van der Waals surface area contributed by atoms with E-state index in [9.17, 15) is 13.6 Å². The molecule has 9 heteroatoms. The summed E-state index contributed by atoms with van der Waals surface area (Å²) in [6.45, 7) is 1.89. The Labute approximate surface area is 184 Å². The number of carbonyl (C=O) groups excluding carboxylic acids is 1. The highest BCUT2D eigenvalue weighted by molar-refractivity contribution is 6.05. The van der Waals surface area contributed by atoms with Crippen LogP contribution in [0.5, 0.6) is 0 Å². The molecule has 2 aromatic heterocycles. The van der Waals surface area contributed by atoms with Crippen LogP contribution in [0, 0.1) is 0 Å². The van der Waals surface area contributed by atoms with E-state index < -0.39 is 5.92 Å². The Kier molecular flexibility index (Phi) is 5.60. The number of aromatic nitrogens is 3. The van der Waals surface area contributed by atoms with Gasteiger partial charge in [-0.1, -0.05) is 6.07 Å². The number of rotatable bonds is 5. The van der Waals surface area contributed by atoms with Gasteiger partial charge in [0.05, 0.1) is 12.1 Å². The second kappa shape index (κ2) is 8.55. The first kappa shape index (κ1) is 21.0. The molecule has 0 atom stereocenters. The number of pyridine rings is 1. The van der Waals surface area contributed by atoms with Gasteiger partial charge in [0.1, 0.15) is 0 Å². The summed E-state index contributed by atoms with van der Waals surface area (Å²) in [5, 5.41) is 10.9. The van der Waals surface area contributed by atoms with Gasteiger partial charge in [-0.2, -0.15) is 5.10 Å². The van der Waals surface area contributed by atoms with Gasteiger partial charge in [-0.05, 0) is 42.2 Å². The normalized spacial score (nSPS) is 19.4. The van der Waals surface area contributed by atoms with E-state index in [-0.39, 0.29) is 24.9 Å². The molecule has 2 N–H and O–H groups in total. The lowest BCUT2D eigenvalue weighted by Crippen LogP contribution is -2.39. The van der Waals surface area contributed by atoms with Crippen molar-refractivity contribution in [3.05, 3.63) is 47.9 Å². The molecule has 32 heavy (non-hydrogen) atoms. The van der Waals surface area contributed by atoms with Gasteiger partial charge in [0.15, 0.2) is 5.69 Å². The molecule has 3 aromatic rings. The third kappa shape index (κ3) is 4.49. The highest BCUT2D eigenvalue weighted by Gasteiger charge is 2.37. The molecular weight excluding hydrogens is 416 g/mol. The summed E-state index contributed by atoms with van der Waals surface area (Å²) in [5.74, 6) is -2.82. The highest BCUT2D eigenvalue weighted by atomic mass is 19.3. The number of hydrogen-bond donors (Lipinski definition) is 2. The van der Waals surface area contributed by atoms with Gasteiger partial charge in [0, 0.05) is 62.1 Å². The molecule has 0 radical (unpaired) electrons. The number of alkyl halides is 2. The standard InChI is InChI=1S/C23H25F2N5O2/c24-23(25)5-6-30(14-23)13-15-9-17(12-26-11-15)16-1-2-20-19(10-16)21(29-28-20)22(31)27-18-3-7-32-8-4-18/h1-2,9-12,18H,3-8,13-14H2,(H,27,31)(H,28,29). The molecule has 4 heterocycles. The topological polar surface area (TPSA) is 83.1 Å². The van der Waals surface area contributed by atoms with Crippen molar-refractivity contribution in [3.63, 3.8) is 0 Å². The van der Waals surface area contributed by atoms with Crippen molar-refractivity contribution in [1.29, 1.82) is 0 Å². The fraction of sp³-hybridized carbons (Fsp3) is 0.435. The average molecular weight is 441 g/mol. The van der Waals surface area contributed by atoms with E-state index in [1.54, 1.807) is 17.3 Å². The number of nitrogens with one attached hydrogen (secondary N) is 2. The van der Waals surface area contributed by atoms with Gasteiger partial charge < -0.3 is 10.1 Å². The minimum absolute atomic E-state index is 0.0880. The lowest BCUT2D eigenvalue weighted by Gasteiger charge is -2.22. The molecule has 7 nitrogen and oxygen atoms in total. The van der Waals surface area contributed by atoms with Crippen molar-refractivity contribution in [2.24, 2.45) is 0 Å². The Morgan fingerprint density at radius 2 is 2.06 bits per heavy atom. The molecule has 2 aliphatic heterocycles. The van der Waals surface area contributed by atoms with E-state index in [4.69, 9.17) is 4.74 Å². The number of halogens is 2. The van der Waals surface area contributed by atoms with Gasteiger partial charge in [-0.3, -0.25) is 19.8 Å². The number of fused-ring (bicyclic) bond motifs is 1. The molecule has 0 unspecified atom stereocenters. The second-order valence-corrected chi connectivity index (χ2v) is 8.59. The molecule has 1 aromatic carbocycles. The molecule has 0 bridgehead atoms. The fourth-order valence-corrected chi connectivity index (χ4v) is 4.39. The zero-order chi connectivity index (χ0) is 22.1. The quantitative estimate of drug-likeness (QED) is 0.634. The number of nitrogens with zero attached hydrogens (tertiary/aromatic N) is 3. The monoisotopic (exact) mass is 441 g/mol. The number of carbonyl (C=O) groups is 1. The molecule has 0 spiro atoms. The maximum absolute atomic E-state index is 13.5. The lowest BCUT2D eigenvalue weighted by molar-refractivity contribution is 0.0115. The van der Waals surface area contributed by atoms with Crippen LogP contribution in [0.1, 0.15) is 35.3 Å². The van der Waals surface area contributed by atoms with E-state index >= 15 is 0 Å². The van der Waals surface area contributed by atoms with E-state index in [2.05, 4.69) is 20.5 Å². The Morgan fingerprint density at radius 1 is 1.22 bits per heavy atom. The van der Waals surface area contributed by atoms with Crippen LogP contribution in [0.15, 0.2) is 36.7 Å². The summed E-state index contributed by atoms with van der Waals surface area (Å²) in [6.07, 6.45) is 4.94. The van der Waals surface area contributed by atoms with Crippen molar-refractivity contribution < 1.29 is 18.3 Å². The Balaban J connectivity index is 1.36. The van der Waals surface area contributed by atoms with Crippen molar-refractivity contribution in [2.75, 3.05) is 26.3 Å². The number of amides is 1. The first-order valence-corrected chi connectivity index (χ1v) is 10.9. The molecule has 2 fully saturated rings. The Morgan fingerprint density at radius 3 is 2.84 bits per heavy atom. The molecule has 168 valence electrons. The zero-order valence-corrected chi connectivity index (χ0v) is 17.6.